The van der Waals surface area contributed by atoms with Gasteiger partial charge in [0.2, 0.25) is 0 Å². The molecule has 0 aromatic heterocycles. The van der Waals surface area contributed by atoms with Crippen molar-refractivity contribution in [2.45, 2.75) is 108 Å². The lowest BCUT2D eigenvalue weighted by Crippen LogP contribution is -2.28. The molecule has 3 fully saturated rings. The molecule has 0 aromatic carbocycles. The maximum absolute atomic E-state index is 2.74. The second-order valence-corrected chi connectivity index (χ2v) is 8.16. The third-order valence-electron chi connectivity index (χ3n) is 6.64. The first-order chi connectivity index (χ1) is 10.4. The highest BCUT2D eigenvalue weighted by atomic mass is 14.2. The summed E-state index contributed by atoms with van der Waals surface area (Å²) in [5, 5.41) is 0. The van der Waals surface area contributed by atoms with Crippen LogP contribution in [0.3, 0.4) is 0 Å². The Hall–Kier alpha value is -0.195. The average molecular weight is 286 g/mol. The van der Waals surface area contributed by atoms with Crippen LogP contribution in [0.5, 0.6) is 0 Å². The third kappa shape index (κ3) is 4.63. The quantitative estimate of drug-likeness (QED) is 0.497. The van der Waals surface area contributed by atoms with Crippen LogP contribution in [0.4, 0.5) is 0 Å². The summed E-state index contributed by atoms with van der Waals surface area (Å²) in [4.78, 5) is 0. The molecule has 21 heavy (non-hydrogen) atoms. The second kappa shape index (κ2) is 8.44. The van der Waals surface area contributed by atoms with Crippen LogP contribution < -0.4 is 0 Å². The van der Waals surface area contributed by atoms with Crippen LogP contribution in [0.25, 0.3) is 0 Å². The van der Waals surface area contributed by atoms with Crippen molar-refractivity contribution < 1.29 is 0 Å². The minimum Gasteiger partial charge on any atom is -0.118 e. The summed E-state index contributed by atoms with van der Waals surface area (Å²) < 4.78 is 0. The van der Waals surface area contributed by atoms with Gasteiger partial charge in [-0.1, -0.05) is 101 Å². The summed E-state index contributed by atoms with van der Waals surface area (Å²) in [6, 6.07) is 0. The lowest BCUT2D eigenvalue weighted by Gasteiger charge is -2.34. The van der Waals surface area contributed by atoms with Crippen LogP contribution in [0.2, 0.25) is 11.6 Å². The Morgan fingerprint density at radius 2 is 0.952 bits per heavy atom. The highest BCUT2D eigenvalue weighted by Crippen LogP contribution is 2.42. The van der Waals surface area contributed by atoms with E-state index in [9.17, 15) is 0 Å². The summed E-state index contributed by atoms with van der Waals surface area (Å²) in [5.41, 5.74) is 0. The first kappa shape index (κ1) is 15.7. The van der Waals surface area contributed by atoms with Crippen LogP contribution >= 0.6 is 0 Å². The second-order valence-electron chi connectivity index (χ2n) is 8.16. The molecule has 3 saturated carbocycles. The smallest absolute Gasteiger partial charge is 0.118 e. The molecule has 0 radical (unpaired) electrons. The first-order valence-corrected chi connectivity index (χ1v) is 10.1. The zero-order valence-electron chi connectivity index (χ0n) is 14.1. The Kier molecular flexibility index (Phi) is 6.31. The molecule has 0 spiro atoms. The largest absolute Gasteiger partial charge is 0.172 e. The van der Waals surface area contributed by atoms with Gasteiger partial charge in [0.15, 0.2) is 6.71 Å². The fourth-order valence-corrected chi connectivity index (χ4v) is 5.35. The number of rotatable bonds is 4. The molecular formula is C20H35B. The van der Waals surface area contributed by atoms with Crippen LogP contribution in [0.1, 0.15) is 96.3 Å². The van der Waals surface area contributed by atoms with Crippen molar-refractivity contribution in [2.24, 2.45) is 5.92 Å². The Morgan fingerprint density at radius 1 is 0.524 bits per heavy atom. The van der Waals surface area contributed by atoms with Crippen LogP contribution in [0.15, 0.2) is 12.1 Å². The van der Waals surface area contributed by atoms with E-state index in [1.807, 2.05) is 0 Å². The van der Waals surface area contributed by atoms with Gasteiger partial charge < -0.3 is 0 Å². The maximum atomic E-state index is 2.74. The molecule has 0 nitrogen and oxygen atoms in total. The van der Waals surface area contributed by atoms with Gasteiger partial charge in [0, 0.05) is 0 Å². The van der Waals surface area contributed by atoms with Crippen LogP contribution in [-0.2, 0) is 0 Å². The van der Waals surface area contributed by atoms with Crippen molar-refractivity contribution in [3.63, 3.8) is 0 Å². The van der Waals surface area contributed by atoms with E-state index in [-0.39, 0.29) is 0 Å². The van der Waals surface area contributed by atoms with E-state index in [1.54, 1.807) is 0 Å². The fourth-order valence-electron chi connectivity index (χ4n) is 5.35. The van der Waals surface area contributed by atoms with E-state index in [2.05, 4.69) is 12.1 Å². The monoisotopic (exact) mass is 286 g/mol. The molecule has 3 aliphatic carbocycles. The molecule has 1 heteroatoms. The lowest BCUT2D eigenvalue weighted by molar-refractivity contribution is 0.419. The summed E-state index contributed by atoms with van der Waals surface area (Å²) in [7, 11) is 0. The summed E-state index contributed by atoms with van der Waals surface area (Å²) >= 11 is 0. The highest BCUT2D eigenvalue weighted by Gasteiger charge is 2.32. The van der Waals surface area contributed by atoms with Crippen molar-refractivity contribution >= 4 is 6.71 Å². The Bertz CT molecular complexity index is 286. The zero-order valence-corrected chi connectivity index (χ0v) is 14.1. The first-order valence-electron chi connectivity index (χ1n) is 10.1. The van der Waals surface area contributed by atoms with Gasteiger partial charge >= 0.3 is 0 Å². The third-order valence-corrected chi connectivity index (χ3v) is 6.64. The number of hydrogen-bond acceptors (Lipinski definition) is 0. The van der Waals surface area contributed by atoms with Crippen molar-refractivity contribution in [3.05, 3.63) is 12.1 Å². The molecule has 118 valence electrons. The molecule has 0 N–H and O–H groups in total. The minimum atomic E-state index is 0.924. The minimum absolute atomic E-state index is 0.924. The summed E-state index contributed by atoms with van der Waals surface area (Å²) in [5.74, 6) is 5.72. The van der Waals surface area contributed by atoms with Gasteiger partial charge in [-0.15, -0.1) is 5.98 Å². The molecule has 0 heterocycles. The Balaban J connectivity index is 1.63. The lowest BCUT2D eigenvalue weighted by atomic mass is 9.30. The van der Waals surface area contributed by atoms with E-state index in [0.29, 0.717) is 0 Å². The molecule has 3 rings (SSSR count). The van der Waals surface area contributed by atoms with Gasteiger partial charge in [-0.25, -0.2) is 0 Å². The Labute approximate surface area is 133 Å². The van der Waals surface area contributed by atoms with Gasteiger partial charge in [-0.2, -0.15) is 0 Å². The molecule has 0 atom stereocenters. The molecule has 0 unspecified atom stereocenters. The zero-order chi connectivity index (χ0) is 14.3. The normalized spacial score (nSPS) is 27.2. The van der Waals surface area contributed by atoms with E-state index in [0.717, 1.165) is 24.3 Å². The number of hydrogen-bond donors (Lipinski definition) is 0. The topological polar surface area (TPSA) is 0 Å². The van der Waals surface area contributed by atoms with E-state index in [4.69, 9.17) is 0 Å². The van der Waals surface area contributed by atoms with Crippen LogP contribution in [0, 0.1) is 5.92 Å². The molecule has 0 saturated heterocycles. The maximum Gasteiger partial charge on any atom is 0.172 e. The van der Waals surface area contributed by atoms with Gasteiger partial charge in [0.1, 0.15) is 0 Å². The van der Waals surface area contributed by atoms with E-state index >= 15 is 0 Å². The predicted molar refractivity (Wildman–Crippen MR) is 95.1 cm³/mol. The molecular weight excluding hydrogens is 251 g/mol. The molecule has 0 aromatic rings. The van der Waals surface area contributed by atoms with E-state index in [1.165, 1.54) is 96.3 Å². The highest BCUT2D eigenvalue weighted by molar-refractivity contribution is 6.67. The predicted octanol–water partition coefficient (Wildman–Crippen LogP) is 6.83. The Morgan fingerprint density at radius 3 is 1.43 bits per heavy atom. The van der Waals surface area contributed by atoms with Crippen molar-refractivity contribution in [1.82, 2.24) is 0 Å². The molecule has 0 aliphatic heterocycles. The molecule has 0 amide bonds. The molecule has 3 aliphatic rings. The summed E-state index contributed by atoms with van der Waals surface area (Å²) in [6.45, 7) is 0.938. The van der Waals surface area contributed by atoms with Crippen molar-refractivity contribution in [3.8, 4) is 0 Å². The van der Waals surface area contributed by atoms with Crippen LogP contribution in [-0.4, -0.2) is 6.71 Å². The SMILES string of the molecule is C(=CC1CCCCC1)B(C1CCCCC1)C1CCCCC1. The van der Waals surface area contributed by atoms with Gasteiger partial charge in [0.05, 0.1) is 0 Å². The van der Waals surface area contributed by atoms with Gasteiger partial charge in [-0.3, -0.25) is 0 Å². The van der Waals surface area contributed by atoms with Gasteiger partial charge in [-0.05, 0) is 18.8 Å². The standard InChI is InChI=1S/C20H35B/c1-4-10-18(11-5-1)16-17-21(19-12-6-2-7-13-19)20-14-8-3-9-15-20/h16-20H,1-15H2. The van der Waals surface area contributed by atoms with Gasteiger partial charge in [0.25, 0.3) is 0 Å². The van der Waals surface area contributed by atoms with Crippen molar-refractivity contribution in [1.29, 1.82) is 0 Å². The van der Waals surface area contributed by atoms with E-state index < -0.39 is 0 Å². The summed E-state index contributed by atoms with van der Waals surface area (Å²) in [6.07, 6.45) is 25.2. The number of allylic oxidation sites excluding steroid dienone is 1. The average Bonchev–Trinajstić information content (AvgIpc) is 2.58. The van der Waals surface area contributed by atoms with Crippen molar-refractivity contribution in [2.75, 3.05) is 0 Å². The molecule has 0 bridgehead atoms. The fraction of sp³-hybridized carbons (Fsp3) is 0.900.